The molecule has 0 amide bonds. The summed E-state index contributed by atoms with van der Waals surface area (Å²) in [6.45, 7) is 0.592. The van der Waals surface area contributed by atoms with Gasteiger partial charge < -0.3 is 15.7 Å². The molecule has 0 saturated heterocycles. The van der Waals surface area contributed by atoms with Gasteiger partial charge in [-0.1, -0.05) is 34.4 Å². The maximum absolute atomic E-state index is 10.6. The Kier molecular flexibility index (Phi) is 6.62. The van der Waals surface area contributed by atoms with Gasteiger partial charge in [0.2, 0.25) is 0 Å². The quantitative estimate of drug-likeness (QED) is 0.460. The second-order valence-electron chi connectivity index (χ2n) is 3.68. The smallest absolute Gasteiger partial charge is 0.303 e. The van der Waals surface area contributed by atoms with Crippen molar-refractivity contribution in [3.05, 3.63) is 33.8 Å². The summed E-state index contributed by atoms with van der Waals surface area (Å²) in [5.41, 5.74) is 6.46. The first-order valence-electron chi connectivity index (χ1n) is 5.60. The highest BCUT2D eigenvalue weighted by molar-refractivity contribution is 6.42. The van der Waals surface area contributed by atoms with Crippen LogP contribution in [0.1, 0.15) is 18.4 Å². The SMILES string of the molecule is NCCO/N=C(/CCC(=O)O)c1ccc(Cl)c(Cl)c1. The van der Waals surface area contributed by atoms with Crippen LogP contribution in [-0.2, 0) is 9.63 Å². The van der Waals surface area contributed by atoms with Crippen molar-refractivity contribution in [2.45, 2.75) is 12.8 Å². The molecule has 3 N–H and O–H groups in total. The number of nitrogens with zero attached hydrogens (tertiary/aromatic N) is 1. The number of benzene rings is 1. The van der Waals surface area contributed by atoms with Crippen molar-refractivity contribution < 1.29 is 14.7 Å². The number of carbonyl (C=O) groups is 1. The molecule has 0 radical (unpaired) electrons. The van der Waals surface area contributed by atoms with E-state index in [1.54, 1.807) is 18.2 Å². The van der Waals surface area contributed by atoms with Crippen LogP contribution >= 0.6 is 23.2 Å². The molecule has 7 heteroatoms. The van der Waals surface area contributed by atoms with Crippen molar-refractivity contribution >= 4 is 34.9 Å². The van der Waals surface area contributed by atoms with Crippen molar-refractivity contribution in [2.75, 3.05) is 13.2 Å². The van der Waals surface area contributed by atoms with Gasteiger partial charge in [-0.2, -0.15) is 0 Å². The predicted octanol–water partition coefficient (Wildman–Crippen LogP) is 2.54. The lowest BCUT2D eigenvalue weighted by Gasteiger charge is -2.07. The van der Waals surface area contributed by atoms with Crippen molar-refractivity contribution in [3.63, 3.8) is 0 Å². The van der Waals surface area contributed by atoms with E-state index in [1.165, 1.54) is 0 Å². The number of hydrogen-bond acceptors (Lipinski definition) is 4. The minimum absolute atomic E-state index is 0.0505. The summed E-state index contributed by atoms with van der Waals surface area (Å²) >= 11 is 11.7. The van der Waals surface area contributed by atoms with Crippen molar-refractivity contribution in [3.8, 4) is 0 Å². The Hall–Kier alpha value is -1.30. The summed E-state index contributed by atoms with van der Waals surface area (Å²) in [5.74, 6) is -0.911. The molecule has 0 aliphatic carbocycles. The topological polar surface area (TPSA) is 84.9 Å². The molecule has 1 aromatic carbocycles. The first-order valence-corrected chi connectivity index (χ1v) is 6.36. The Morgan fingerprint density at radius 2 is 2.05 bits per heavy atom. The van der Waals surface area contributed by atoms with Gasteiger partial charge in [-0.3, -0.25) is 4.79 Å². The summed E-state index contributed by atoms with van der Waals surface area (Å²) in [5, 5.41) is 13.4. The molecular formula is C12H14Cl2N2O3. The second kappa shape index (κ2) is 7.99. The monoisotopic (exact) mass is 304 g/mol. The largest absolute Gasteiger partial charge is 0.481 e. The first-order chi connectivity index (χ1) is 9.04. The number of aliphatic carboxylic acids is 1. The van der Waals surface area contributed by atoms with Gasteiger partial charge >= 0.3 is 5.97 Å². The molecule has 0 unspecified atom stereocenters. The molecule has 0 fully saturated rings. The molecule has 1 rings (SSSR count). The summed E-state index contributed by atoms with van der Waals surface area (Å²) in [4.78, 5) is 15.6. The maximum atomic E-state index is 10.6. The van der Waals surface area contributed by atoms with Gasteiger partial charge in [0, 0.05) is 18.5 Å². The Morgan fingerprint density at radius 3 is 2.63 bits per heavy atom. The van der Waals surface area contributed by atoms with Crippen LogP contribution < -0.4 is 5.73 Å². The third-order valence-electron chi connectivity index (χ3n) is 2.21. The average molecular weight is 305 g/mol. The van der Waals surface area contributed by atoms with Crippen LogP contribution in [0, 0.1) is 0 Å². The van der Waals surface area contributed by atoms with Gasteiger partial charge in [0.15, 0.2) is 0 Å². The molecule has 0 aromatic heterocycles. The molecular weight excluding hydrogens is 291 g/mol. The zero-order chi connectivity index (χ0) is 14.3. The third kappa shape index (κ3) is 5.46. The molecule has 5 nitrogen and oxygen atoms in total. The van der Waals surface area contributed by atoms with Gasteiger partial charge in [-0.05, 0) is 12.1 Å². The lowest BCUT2D eigenvalue weighted by Crippen LogP contribution is -2.09. The van der Waals surface area contributed by atoms with Crippen molar-refractivity contribution in [1.82, 2.24) is 0 Å². The van der Waals surface area contributed by atoms with Gasteiger partial charge in [-0.15, -0.1) is 0 Å². The van der Waals surface area contributed by atoms with E-state index in [0.717, 1.165) is 0 Å². The van der Waals surface area contributed by atoms with E-state index in [4.69, 9.17) is 38.9 Å². The Balaban J connectivity index is 2.90. The molecule has 0 aliphatic rings. The zero-order valence-electron chi connectivity index (χ0n) is 10.1. The number of nitrogens with two attached hydrogens (primary N) is 1. The van der Waals surface area contributed by atoms with Gasteiger partial charge in [0.25, 0.3) is 0 Å². The normalized spacial score (nSPS) is 11.4. The fourth-order valence-corrected chi connectivity index (χ4v) is 1.62. The lowest BCUT2D eigenvalue weighted by atomic mass is 10.1. The summed E-state index contributed by atoms with van der Waals surface area (Å²) < 4.78 is 0. The number of hydrogen-bond donors (Lipinski definition) is 2. The van der Waals surface area contributed by atoms with Gasteiger partial charge in [0.1, 0.15) is 6.61 Å². The first kappa shape index (κ1) is 15.8. The standard InChI is InChI=1S/C12H14Cl2N2O3/c13-9-2-1-8(7-10(9)14)11(3-4-12(17)18)16-19-6-5-15/h1-2,7H,3-6,15H2,(H,17,18)/b16-11-. The van der Waals surface area contributed by atoms with Crippen molar-refractivity contribution in [2.24, 2.45) is 10.9 Å². The maximum Gasteiger partial charge on any atom is 0.303 e. The minimum Gasteiger partial charge on any atom is -0.481 e. The summed E-state index contributed by atoms with van der Waals surface area (Å²) in [7, 11) is 0. The number of halogens is 2. The third-order valence-corrected chi connectivity index (χ3v) is 2.95. The fourth-order valence-electron chi connectivity index (χ4n) is 1.32. The van der Waals surface area contributed by atoms with Crippen LogP contribution in [0.4, 0.5) is 0 Å². The highest BCUT2D eigenvalue weighted by Crippen LogP contribution is 2.23. The molecule has 0 spiro atoms. The summed E-state index contributed by atoms with van der Waals surface area (Å²) in [6.07, 6.45) is 0.183. The molecule has 0 aliphatic heterocycles. The number of oxime groups is 1. The Labute approximate surface area is 120 Å². The predicted molar refractivity (Wildman–Crippen MR) is 74.9 cm³/mol. The van der Waals surface area contributed by atoms with Crippen LogP contribution in [-0.4, -0.2) is 29.9 Å². The highest BCUT2D eigenvalue weighted by Gasteiger charge is 2.10. The highest BCUT2D eigenvalue weighted by atomic mass is 35.5. The van der Waals surface area contributed by atoms with Crippen LogP contribution in [0.5, 0.6) is 0 Å². The van der Waals surface area contributed by atoms with E-state index in [0.29, 0.717) is 27.9 Å². The lowest BCUT2D eigenvalue weighted by molar-refractivity contribution is -0.136. The second-order valence-corrected chi connectivity index (χ2v) is 4.50. The van der Waals surface area contributed by atoms with Gasteiger partial charge in [-0.25, -0.2) is 0 Å². The van der Waals surface area contributed by atoms with E-state index in [9.17, 15) is 4.79 Å². The molecule has 104 valence electrons. The van der Waals surface area contributed by atoms with Crippen LogP contribution in [0.25, 0.3) is 0 Å². The molecule has 0 atom stereocenters. The fraction of sp³-hybridized carbons (Fsp3) is 0.333. The van der Waals surface area contributed by atoms with E-state index in [-0.39, 0.29) is 19.4 Å². The van der Waals surface area contributed by atoms with Gasteiger partial charge in [0.05, 0.1) is 22.2 Å². The van der Waals surface area contributed by atoms with E-state index in [1.807, 2.05) is 0 Å². The molecule has 19 heavy (non-hydrogen) atoms. The summed E-state index contributed by atoms with van der Waals surface area (Å²) in [6, 6.07) is 4.95. The van der Waals surface area contributed by atoms with E-state index >= 15 is 0 Å². The number of rotatable bonds is 7. The number of carboxylic acid groups (broad SMARTS) is 1. The van der Waals surface area contributed by atoms with E-state index < -0.39 is 5.97 Å². The minimum atomic E-state index is -0.911. The molecule has 0 heterocycles. The Morgan fingerprint density at radius 1 is 1.32 bits per heavy atom. The molecule has 0 bridgehead atoms. The van der Waals surface area contributed by atoms with Crippen LogP contribution in [0.2, 0.25) is 10.0 Å². The Bertz CT molecular complexity index is 478. The number of carboxylic acids is 1. The zero-order valence-corrected chi connectivity index (χ0v) is 11.6. The van der Waals surface area contributed by atoms with Crippen LogP contribution in [0.15, 0.2) is 23.4 Å². The average Bonchev–Trinajstić information content (AvgIpc) is 2.37. The van der Waals surface area contributed by atoms with Crippen molar-refractivity contribution in [1.29, 1.82) is 0 Å². The van der Waals surface area contributed by atoms with E-state index in [2.05, 4.69) is 5.16 Å². The molecule has 1 aromatic rings. The van der Waals surface area contributed by atoms with Crippen LogP contribution in [0.3, 0.4) is 0 Å². The molecule has 0 saturated carbocycles.